The Morgan fingerprint density at radius 3 is 1.58 bits per heavy atom. The number of benzene rings is 7. The molecule has 60 heavy (non-hydrogen) atoms. The molecule has 4 fully saturated rings. The van der Waals surface area contributed by atoms with Crippen LogP contribution in [0.4, 0.5) is 4.39 Å². The molecule has 14 rings (SSSR count). The summed E-state index contributed by atoms with van der Waals surface area (Å²) in [5, 5.41) is 2.03. The molecular formula is C55H40FN3O. The first-order valence-corrected chi connectivity index (χ1v) is 21.4. The van der Waals surface area contributed by atoms with Crippen molar-refractivity contribution in [3.05, 3.63) is 175 Å². The Bertz CT molecular complexity index is 3130. The van der Waals surface area contributed by atoms with E-state index in [1.807, 2.05) is 30.3 Å². The first-order valence-electron chi connectivity index (χ1n) is 21.4. The van der Waals surface area contributed by atoms with Crippen molar-refractivity contribution >= 4 is 21.9 Å². The van der Waals surface area contributed by atoms with Crippen molar-refractivity contribution in [2.24, 2.45) is 23.7 Å². The minimum absolute atomic E-state index is 0.0878. The molecule has 288 valence electrons. The van der Waals surface area contributed by atoms with E-state index in [1.165, 1.54) is 77.1 Å². The van der Waals surface area contributed by atoms with Gasteiger partial charge in [0.2, 0.25) is 0 Å². The molecule has 0 unspecified atom stereocenters. The van der Waals surface area contributed by atoms with Gasteiger partial charge in [0.1, 0.15) is 17.0 Å². The van der Waals surface area contributed by atoms with Gasteiger partial charge in [-0.25, -0.2) is 19.3 Å². The zero-order valence-electron chi connectivity index (χ0n) is 33.0. The third kappa shape index (κ3) is 5.05. The highest BCUT2D eigenvalue weighted by Crippen LogP contribution is 2.70. The fraction of sp³-hybridized carbons (Fsp3) is 0.182. The van der Waals surface area contributed by atoms with Crippen molar-refractivity contribution in [1.29, 1.82) is 0 Å². The summed E-state index contributed by atoms with van der Waals surface area (Å²) in [4.78, 5) is 15.2. The summed E-state index contributed by atoms with van der Waals surface area (Å²) in [5.74, 6) is 4.48. The van der Waals surface area contributed by atoms with Crippen LogP contribution in [0.5, 0.6) is 0 Å². The maximum atomic E-state index is 14.4. The van der Waals surface area contributed by atoms with Gasteiger partial charge in [-0.2, -0.15) is 0 Å². The fourth-order valence-corrected chi connectivity index (χ4v) is 12.3. The lowest BCUT2D eigenvalue weighted by Gasteiger charge is -2.61. The van der Waals surface area contributed by atoms with Gasteiger partial charge in [-0.1, -0.05) is 127 Å². The Morgan fingerprint density at radius 2 is 0.950 bits per heavy atom. The van der Waals surface area contributed by atoms with Crippen molar-refractivity contribution < 1.29 is 8.81 Å². The largest absolute Gasteiger partial charge is 0.456 e. The lowest BCUT2D eigenvalue weighted by molar-refractivity contribution is -0.0397. The zero-order chi connectivity index (χ0) is 39.5. The quantitative estimate of drug-likeness (QED) is 0.175. The molecule has 5 aliphatic rings. The number of furan rings is 1. The molecule has 5 heteroatoms. The van der Waals surface area contributed by atoms with Gasteiger partial charge < -0.3 is 4.42 Å². The van der Waals surface area contributed by atoms with Crippen LogP contribution in [-0.2, 0) is 5.41 Å². The molecule has 9 aromatic rings. The van der Waals surface area contributed by atoms with Crippen molar-refractivity contribution in [2.45, 2.75) is 37.5 Å². The van der Waals surface area contributed by atoms with E-state index < -0.39 is 0 Å². The van der Waals surface area contributed by atoms with Crippen LogP contribution in [-0.4, -0.2) is 15.0 Å². The van der Waals surface area contributed by atoms with Gasteiger partial charge in [-0.3, -0.25) is 0 Å². The van der Waals surface area contributed by atoms with E-state index in [0.29, 0.717) is 34.9 Å². The molecule has 0 atom stereocenters. The molecule has 7 aromatic carbocycles. The van der Waals surface area contributed by atoms with Gasteiger partial charge in [-0.05, 0) is 125 Å². The summed E-state index contributed by atoms with van der Waals surface area (Å²) in [7, 11) is 0. The Hall–Kier alpha value is -6.72. The summed E-state index contributed by atoms with van der Waals surface area (Å²) in [6.07, 6.45) is 6.52. The van der Waals surface area contributed by atoms with Crippen molar-refractivity contribution in [3.8, 4) is 67.5 Å². The van der Waals surface area contributed by atoms with Crippen LogP contribution in [0.2, 0.25) is 0 Å². The molecule has 4 bridgehead atoms. The molecule has 4 saturated carbocycles. The molecule has 2 heterocycles. The number of hydrogen-bond donors (Lipinski definition) is 0. The van der Waals surface area contributed by atoms with Crippen molar-refractivity contribution in [1.82, 2.24) is 15.0 Å². The molecule has 5 aliphatic carbocycles. The fourth-order valence-electron chi connectivity index (χ4n) is 12.3. The van der Waals surface area contributed by atoms with E-state index in [0.717, 1.165) is 50.4 Å². The maximum Gasteiger partial charge on any atom is 0.164 e. The lowest BCUT2D eigenvalue weighted by atomic mass is 9.42. The second-order valence-corrected chi connectivity index (χ2v) is 17.7. The van der Waals surface area contributed by atoms with Crippen LogP contribution < -0.4 is 0 Å². The number of aromatic nitrogens is 3. The standard InChI is InChI=1S/C55H40FN3O/c56-42-22-23-44-47-30-46-45-13-7-12-43(51(45)55(48(46)31-50(47)60-49(44)29-42)40-25-32-24-33(27-40)28-41(55)26-32)36-16-20-39(21-17-36)54-58-52(37-10-5-2-6-11-37)57-53(59-54)38-18-14-35(15-19-38)34-8-3-1-4-9-34/h1-23,29-33,40-41H,24-28H2. The molecular weight excluding hydrogens is 738 g/mol. The molecule has 1 spiro atoms. The SMILES string of the molecule is Fc1ccc2c(c1)oc1cc3c(cc12)-c1cccc(-c2ccc(-c4nc(-c5ccccc5)nc(-c5ccc(-c6ccccc6)cc5)n4)cc2)c1C31C2CC3CC(C2)CC1C3. The van der Waals surface area contributed by atoms with Gasteiger partial charge in [0.15, 0.2) is 17.5 Å². The van der Waals surface area contributed by atoms with Crippen LogP contribution in [0.25, 0.3) is 89.5 Å². The summed E-state index contributed by atoms with van der Waals surface area (Å²) in [5.41, 5.74) is 14.6. The Labute approximate surface area is 347 Å². The second kappa shape index (κ2) is 12.9. The van der Waals surface area contributed by atoms with E-state index in [-0.39, 0.29) is 11.2 Å². The zero-order valence-corrected chi connectivity index (χ0v) is 33.0. The molecule has 0 amide bonds. The highest BCUT2D eigenvalue weighted by atomic mass is 19.1. The van der Waals surface area contributed by atoms with Gasteiger partial charge in [0.25, 0.3) is 0 Å². The number of hydrogen-bond acceptors (Lipinski definition) is 4. The number of fused-ring (bicyclic) bond motifs is 6. The Balaban J connectivity index is 0.940. The highest BCUT2D eigenvalue weighted by Gasteiger charge is 2.62. The monoisotopic (exact) mass is 777 g/mol. The summed E-state index contributed by atoms with van der Waals surface area (Å²) in [6, 6.07) is 54.6. The lowest BCUT2D eigenvalue weighted by Crippen LogP contribution is -2.55. The highest BCUT2D eigenvalue weighted by molar-refractivity contribution is 6.08. The van der Waals surface area contributed by atoms with E-state index in [4.69, 9.17) is 19.4 Å². The van der Waals surface area contributed by atoms with E-state index >= 15 is 0 Å². The molecule has 4 nitrogen and oxygen atoms in total. The van der Waals surface area contributed by atoms with Crippen LogP contribution in [0.3, 0.4) is 0 Å². The molecule has 0 saturated heterocycles. The normalized spacial score (nSPS) is 22.1. The number of rotatable bonds is 5. The van der Waals surface area contributed by atoms with Gasteiger partial charge in [0.05, 0.1) is 0 Å². The molecule has 0 aliphatic heterocycles. The van der Waals surface area contributed by atoms with Gasteiger partial charge in [-0.15, -0.1) is 0 Å². The number of halogens is 1. The third-order valence-corrected chi connectivity index (χ3v) is 14.6. The first kappa shape index (κ1) is 34.2. The average Bonchev–Trinajstić information content (AvgIpc) is 3.79. The minimum atomic E-state index is -0.269. The van der Waals surface area contributed by atoms with Crippen LogP contribution in [0, 0.1) is 29.5 Å². The number of nitrogens with zero attached hydrogens (tertiary/aromatic N) is 3. The van der Waals surface area contributed by atoms with E-state index in [2.05, 4.69) is 115 Å². The Morgan fingerprint density at radius 1 is 0.433 bits per heavy atom. The average molecular weight is 778 g/mol. The van der Waals surface area contributed by atoms with Crippen LogP contribution >= 0.6 is 0 Å². The summed E-state index contributed by atoms with van der Waals surface area (Å²) in [6.45, 7) is 0. The van der Waals surface area contributed by atoms with Crippen molar-refractivity contribution in [3.63, 3.8) is 0 Å². The summed E-state index contributed by atoms with van der Waals surface area (Å²) >= 11 is 0. The predicted octanol–water partition coefficient (Wildman–Crippen LogP) is 14.0. The van der Waals surface area contributed by atoms with Crippen LogP contribution in [0.1, 0.15) is 43.2 Å². The predicted molar refractivity (Wildman–Crippen MR) is 238 cm³/mol. The smallest absolute Gasteiger partial charge is 0.164 e. The minimum Gasteiger partial charge on any atom is -0.456 e. The molecule has 0 N–H and O–H groups in total. The summed E-state index contributed by atoms with van der Waals surface area (Å²) < 4.78 is 20.8. The van der Waals surface area contributed by atoms with E-state index in [9.17, 15) is 4.39 Å². The van der Waals surface area contributed by atoms with Gasteiger partial charge in [0, 0.05) is 38.9 Å². The molecule has 0 radical (unpaired) electrons. The third-order valence-electron chi connectivity index (χ3n) is 14.6. The maximum absolute atomic E-state index is 14.4. The second-order valence-electron chi connectivity index (χ2n) is 17.7. The first-order chi connectivity index (χ1) is 29.6. The van der Waals surface area contributed by atoms with Gasteiger partial charge >= 0.3 is 0 Å². The van der Waals surface area contributed by atoms with Crippen LogP contribution in [0.15, 0.2) is 162 Å². The molecule has 2 aromatic heterocycles. The van der Waals surface area contributed by atoms with E-state index in [1.54, 1.807) is 6.07 Å². The van der Waals surface area contributed by atoms with Crippen molar-refractivity contribution in [2.75, 3.05) is 0 Å². The Kier molecular flexibility index (Phi) is 7.34. The topological polar surface area (TPSA) is 51.8 Å².